The van der Waals surface area contributed by atoms with E-state index in [1.54, 1.807) is 4.52 Å². The Morgan fingerprint density at radius 1 is 1.38 bits per heavy atom. The predicted octanol–water partition coefficient (Wildman–Crippen LogP) is 2.72. The van der Waals surface area contributed by atoms with Crippen molar-refractivity contribution in [2.24, 2.45) is 0 Å². The SMILES string of the molecule is CCCC(CC)Nc1nc2ccccn2n1. The summed E-state index contributed by atoms with van der Waals surface area (Å²) in [4.78, 5) is 4.42. The molecular weight excluding hydrogens is 200 g/mol. The van der Waals surface area contributed by atoms with Crippen molar-refractivity contribution >= 4 is 11.6 Å². The fourth-order valence-electron chi connectivity index (χ4n) is 1.80. The van der Waals surface area contributed by atoms with Gasteiger partial charge in [0.05, 0.1) is 0 Å². The molecule has 0 saturated carbocycles. The smallest absolute Gasteiger partial charge is 0.243 e. The van der Waals surface area contributed by atoms with Crippen molar-refractivity contribution in [3.05, 3.63) is 24.4 Å². The van der Waals surface area contributed by atoms with Crippen LogP contribution in [0.2, 0.25) is 0 Å². The van der Waals surface area contributed by atoms with Crippen LogP contribution in [0, 0.1) is 0 Å². The van der Waals surface area contributed by atoms with Crippen LogP contribution in [0.5, 0.6) is 0 Å². The number of pyridine rings is 1. The third kappa shape index (κ3) is 2.32. The van der Waals surface area contributed by atoms with Gasteiger partial charge >= 0.3 is 0 Å². The standard InChI is InChI=1S/C12H18N4/c1-3-7-10(4-2)13-12-14-11-8-5-6-9-16(11)15-12/h5-6,8-10H,3-4,7H2,1-2H3,(H,13,15). The molecule has 0 fully saturated rings. The number of rotatable bonds is 5. The van der Waals surface area contributed by atoms with Gasteiger partial charge in [0, 0.05) is 12.2 Å². The third-order valence-corrected chi connectivity index (χ3v) is 2.70. The van der Waals surface area contributed by atoms with Crippen LogP contribution in [-0.4, -0.2) is 20.6 Å². The summed E-state index contributed by atoms with van der Waals surface area (Å²) in [7, 11) is 0. The van der Waals surface area contributed by atoms with Crippen LogP contribution in [0.1, 0.15) is 33.1 Å². The average molecular weight is 218 g/mol. The first-order valence-corrected chi connectivity index (χ1v) is 5.91. The second-order valence-electron chi connectivity index (χ2n) is 3.98. The molecule has 2 rings (SSSR count). The lowest BCUT2D eigenvalue weighted by Crippen LogP contribution is -2.18. The molecule has 4 heteroatoms. The number of fused-ring (bicyclic) bond motifs is 1. The van der Waals surface area contributed by atoms with Crippen LogP contribution in [0.15, 0.2) is 24.4 Å². The molecule has 0 saturated heterocycles. The van der Waals surface area contributed by atoms with E-state index in [1.165, 1.54) is 6.42 Å². The largest absolute Gasteiger partial charge is 0.350 e. The molecule has 0 aliphatic rings. The average Bonchev–Trinajstić information content (AvgIpc) is 2.70. The zero-order chi connectivity index (χ0) is 11.4. The Kier molecular flexibility index (Phi) is 3.39. The molecule has 86 valence electrons. The van der Waals surface area contributed by atoms with Gasteiger partial charge in [0.1, 0.15) is 0 Å². The second-order valence-corrected chi connectivity index (χ2v) is 3.98. The normalized spacial score (nSPS) is 12.9. The van der Waals surface area contributed by atoms with Crippen LogP contribution < -0.4 is 5.32 Å². The summed E-state index contributed by atoms with van der Waals surface area (Å²) in [6.07, 6.45) is 5.35. The van der Waals surface area contributed by atoms with Crippen molar-refractivity contribution in [2.75, 3.05) is 5.32 Å². The fraction of sp³-hybridized carbons (Fsp3) is 0.500. The maximum atomic E-state index is 4.42. The molecule has 1 unspecified atom stereocenters. The Morgan fingerprint density at radius 2 is 2.25 bits per heavy atom. The summed E-state index contributed by atoms with van der Waals surface area (Å²) in [6.45, 7) is 4.38. The Morgan fingerprint density at radius 3 is 2.94 bits per heavy atom. The van der Waals surface area contributed by atoms with Crippen LogP contribution in [0.3, 0.4) is 0 Å². The second kappa shape index (κ2) is 4.96. The molecule has 0 aromatic carbocycles. The lowest BCUT2D eigenvalue weighted by molar-refractivity contribution is 0.617. The maximum absolute atomic E-state index is 4.42. The van der Waals surface area contributed by atoms with Crippen LogP contribution in [0.4, 0.5) is 5.95 Å². The Bertz CT molecular complexity index is 416. The molecule has 1 atom stereocenters. The van der Waals surface area contributed by atoms with Crippen molar-refractivity contribution in [1.29, 1.82) is 0 Å². The summed E-state index contributed by atoms with van der Waals surface area (Å²) >= 11 is 0. The minimum atomic E-state index is 0.474. The minimum Gasteiger partial charge on any atom is -0.350 e. The minimum absolute atomic E-state index is 0.474. The highest BCUT2D eigenvalue weighted by molar-refractivity contribution is 5.43. The van der Waals surface area contributed by atoms with E-state index in [-0.39, 0.29) is 0 Å². The number of hydrogen-bond acceptors (Lipinski definition) is 3. The first kappa shape index (κ1) is 10.9. The Balaban J connectivity index is 2.14. The first-order chi connectivity index (χ1) is 7.83. The molecule has 0 radical (unpaired) electrons. The van der Waals surface area contributed by atoms with Gasteiger partial charge in [-0.2, -0.15) is 4.98 Å². The van der Waals surface area contributed by atoms with Crippen LogP contribution in [0.25, 0.3) is 5.65 Å². The van der Waals surface area contributed by atoms with Gasteiger partial charge in [0.2, 0.25) is 5.95 Å². The van der Waals surface area contributed by atoms with Gasteiger partial charge in [-0.05, 0) is 25.0 Å². The monoisotopic (exact) mass is 218 g/mol. The zero-order valence-corrected chi connectivity index (χ0v) is 9.85. The van der Waals surface area contributed by atoms with Crippen LogP contribution >= 0.6 is 0 Å². The van der Waals surface area contributed by atoms with E-state index in [0.717, 1.165) is 24.4 Å². The lowest BCUT2D eigenvalue weighted by Gasteiger charge is -2.13. The summed E-state index contributed by atoms with van der Waals surface area (Å²) in [5, 5.41) is 7.75. The van der Waals surface area contributed by atoms with Crippen molar-refractivity contribution in [2.45, 2.75) is 39.2 Å². The third-order valence-electron chi connectivity index (χ3n) is 2.70. The summed E-state index contributed by atoms with van der Waals surface area (Å²) in [5.74, 6) is 0.728. The van der Waals surface area contributed by atoms with Crippen molar-refractivity contribution in [3.8, 4) is 0 Å². The fourth-order valence-corrected chi connectivity index (χ4v) is 1.80. The van der Waals surface area contributed by atoms with E-state index in [0.29, 0.717) is 6.04 Å². The molecule has 1 N–H and O–H groups in total. The molecule has 2 aromatic rings. The van der Waals surface area contributed by atoms with Gasteiger partial charge in [-0.1, -0.05) is 26.3 Å². The molecule has 16 heavy (non-hydrogen) atoms. The predicted molar refractivity (Wildman–Crippen MR) is 65.6 cm³/mol. The van der Waals surface area contributed by atoms with Gasteiger partial charge in [0.25, 0.3) is 0 Å². The topological polar surface area (TPSA) is 42.2 Å². The van der Waals surface area contributed by atoms with E-state index in [4.69, 9.17) is 0 Å². The van der Waals surface area contributed by atoms with Crippen molar-refractivity contribution in [1.82, 2.24) is 14.6 Å². The van der Waals surface area contributed by atoms with E-state index >= 15 is 0 Å². The van der Waals surface area contributed by atoms with Gasteiger partial charge < -0.3 is 5.32 Å². The van der Waals surface area contributed by atoms with Crippen molar-refractivity contribution < 1.29 is 0 Å². The van der Waals surface area contributed by atoms with E-state index in [9.17, 15) is 0 Å². The number of hydrogen-bond donors (Lipinski definition) is 1. The van der Waals surface area contributed by atoms with Gasteiger partial charge in [0.15, 0.2) is 5.65 Å². The quantitative estimate of drug-likeness (QED) is 0.839. The summed E-state index contributed by atoms with van der Waals surface area (Å²) < 4.78 is 1.79. The highest BCUT2D eigenvalue weighted by Gasteiger charge is 2.08. The molecular formula is C12H18N4. The molecule has 0 aliphatic carbocycles. The summed E-state index contributed by atoms with van der Waals surface area (Å²) in [6, 6.07) is 6.35. The number of nitrogens with one attached hydrogen (secondary N) is 1. The van der Waals surface area contributed by atoms with Crippen molar-refractivity contribution in [3.63, 3.8) is 0 Å². The van der Waals surface area contributed by atoms with Crippen LogP contribution in [-0.2, 0) is 0 Å². The van der Waals surface area contributed by atoms with Gasteiger partial charge in [-0.15, -0.1) is 5.10 Å². The highest BCUT2D eigenvalue weighted by atomic mass is 15.3. The highest BCUT2D eigenvalue weighted by Crippen LogP contribution is 2.10. The summed E-state index contributed by atoms with van der Waals surface area (Å²) in [5.41, 5.74) is 0.886. The van der Waals surface area contributed by atoms with Gasteiger partial charge in [-0.25, -0.2) is 4.52 Å². The van der Waals surface area contributed by atoms with E-state index in [1.807, 2.05) is 24.4 Å². The molecule has 2 aromatic heterocycles. The molecule has 0 bridgehead atoms. The zero-order valence-electron chi connectivity index (χ0n) is 9.85. The number of aromatic nitrogens is 3. The Labute approximate surface area is 95.7 Å². The molecule has 4 nitrogen and oxygen atoms in total. The molecule has 0 amide bonds. The maximum Gasteiger partial charge on any atom is 0.243 e. The lowest BCUT2D eigenvalue weighted by atomic mass is 10.1. The first-order valence-electron chi connectivity index (χ1n) is 5.91. The number of nitrogens with zero attached hydrogens (tertiary/aromatic N) is 3. The van der Waals surface area contributed by atoms with E-state index < -0.39 is 0 Å². The molecule has 2 heterocycles. The Hall–Kier alpha value is -1.58. The van der Waals surface area contributed by atoms with Gasteiger partial charge in [-0.3, -0.25) is 0 Å². The van der Waals surface area contributed by atoms with E-state index in [2.05, 4.69) is 29.2 Å². The molecule has 0 spiro atoms. The number of anilines is 1. The molecule has 0 aliphatic heterocycles.